The van der Waals surface area contributed by atoms with Crippen LogP contribution >= 0.6 is 15.9 Å². The first kappa shape index (κ1) is 13.9. The summed E-state index contributed by atoms with van der Waals surface area (Å²) >= 11 is 2.99. The van der Waals surface area contributed by atoms with Gasteiger partial charge in [-0.15, -0.1) is 0 Å². The molecule has 0 saturated heterocycles. The number of halogens is 3. The van der Waals surface area contributed by atoms with Gasteiger partial charge in [-0.1, -0.05) is 18.2 Å². The van der Waals surface area contributed by atoms with Gasteiger partial charge in [0, 0.05) is 17.4 Å². The molecular weight excluding hydrogens is 342 g/mol. The number of carbonyl (C=O) groups excluding carboxylic acids is 1. The van der Waals surface area contributed by atoms with Gasteiger partial charge in [-0.05, 0) is 34.1 Å². The Morgan fingerprint density at radius 3 is 2.71 bits per heavy atom. The van der Waals surface area contributed by atoms with Crippen LogP contribution in [0.2, 0.25) is 0 Å². The van der Waals surface area contributed by atoms with Crippen LogP contribution in [0.25, 0.3) is 11.0 Å². The lowest BCUT2D eigenvalue weighted by molar-refractivity contribution is 0.0991. The van der Waals surface area contributed by atoms with E-state index in [1.807, 2.05) is 0 Å². The smallest absolute Gasteiger partial charge is 0.171 e. The zero-order chi connectivity index (χ0) is 15.0. The Kier molecular flexibility index (Phi) is 3.59. The first-order valence-corrected chi connectivity index (χ1v) is 6.99. The molecule has 5 heteroatoms. The van der Waals surface area contributed by atoms with Gasteiger partial charge in [0.25, 0.3) is 0 Å². The number of benzene rings is 2. The maximum absolute atomic E-state index is 13.9. The molecule has 0 aliphatic rings. The third kappa shape index (κ3) is 2.49. The minimum absolute atomic E-state index is 0.128. The Bertz CT molecular complexity index is 839. The highest BCUT2D eigenvalue weighted by molar-refractivity contribution is 9.10. The molecule has 1 heterocycles. The molecule has 0 spiro atoms. The fourth-order valence-corrected chi connectivity index (χ4v) is 2.55. The Balaban J connectivity index is 1.99. The van der Waals surface area contributed by atoms with Crippen LogP contribution in [0.4, 0.5) is 8.78 Å². The predicted molar refractivity (Wildman–Crippen MR) is 78.3 cm³/mol. The Morgan fingerprint density at radius 2 is 1.90 bits per heavy atom. The third-order valence-electron chi connectivity index (χ3n) is 3.26. The SMILES string of the molecule is O=C(Cc1c(F)ccc(Br)c1F)c1coc2ccccc12. The number of hydrogen-bond acceptors (Lipinski definition) is 2. The Hall–Kier alpha value is -2.01. The number of fused-ring (bicyclic) bond motifs is 1. The minimum Gasteiger partial charge on any atom is -0.464 e. The maximum Gasteiger partial charge on any atom is 0.171 e. The van der Waals surface area contributed by atoms with E-state index in [1.54, 1.807) is 24.3 Å². The topological polar surface area (TPSA) is 30.2 Å². The van der Waals surface area contributed by atoms with Crippen LogP contribution in [-0.4, -0.2) is 5.78 Å². The average Bonchev–Trinajstić information content (AvgIpc) is 2.91. The number of Topliss-reactive ketones (excluding diaryl/α,β-unsaturated/α-hetero) is 1. The van der Waals surface area contributed by atoms with E-state index in [0.29, 0.717) is 16.5 Å². The van der Waals surface area contributed by atoms with Crippen molar-refractivity contribution in [1.82, 2.24) is 0 Å². The fraction of sp³-hybridized carbons (Fsp3) is 0.0625. The quantitative estimate of drug-likeness (QED) is 0.496. The lowest BCUT2D eigenvalue weighted by atomic mass is 10.0. The fourth-order valence-electron chi connectivity index (χ4n) is 2.18. The summed E-state index contributed by atoms with van der Waals surface area (Å²) in [7, 11) is 0. The first-order valence-electron chi connectivity index (χ1n) is 6.19. The van der Waals surface area contributed by atoms with Gasteiger partial charge in [0.15, 0.2) is 5.78 Å². The van der Waals surface area contributed by atoms with E-state index in [1.165, 1.54) is 12.3 Å². The van der Waals surface area contributed by atoms with Crippen molar-refractivity contribution in [3.63, 3.8) is 0 Å². The van der Waals surface area contributed by atoms with Crippen molar-refractivity contribution in [3.05, 3.63) is 69.9 Å². The van der Waals surface area contributed by atoms with Crippen molar-refractivity contribution in [2.45, 2.75) is 6.42 Å². The average molecular weight is 351 g/mol. The van der Waals surface area contributed by atoms with Gasteiger partial charge in [-0.3, -0.25) is 4.79 Å². The molecule has 21 heavy (non-hydrogen) atoms. The zero-order valence-electron chi connectivity index (χ0n) is 10.7. The normalized spacial score (nSPS) is 11.0. The summed E-state index contributed by atoms with van der Waals surface area (Å²) in [4.78, 5) is 12.3. The van der Waals surface area contributed by atoms with Gasteiger partial charge in [0.2, 0.25) is 0 Å². The monoisotopic (exact) mass is 350 g/mol. The van der Waals surface area contributed by atoms with Gasteiger partial charge in [0.05, 0.1) is 10.0 Å². The van der Waals surface area contributed by atoms with Gasteiger partial charge >= 0.3 is 0 Å². The molecule has 0 aliphatic heterocycles. The summed E-state index contributed by atoms with van der Waals surface area (Å²) in [5, 5.41) is 0.637. The van der Waals surface area contributed by atoms with Gasteiger partial charge in [-0.25, -0.2) is 8.78 Å². The lowest BCUT2D eigenvalue weighted by Crippen LogP contribution is -2.07. The number of rotatable bonds is 3. The zero-order valence-corrected chi connectivity index (χ0v) is 12.3. The van der Waals surface area contributed by atoms with Crippen LogP contribution in [0.5, 0.6) is 0 Å². The molecule has 2 aromatic carbocycles. The van der Waals surface area contributed by atoms with E-state index in [-0.39, 0.29) is 16.5 Å². The van der Waals surface area contributed by atoms with Crippen molar-refractivity contribution in [2.24, 2.45) is 0 Å². The minimum atomic E-state index is -0.754. The summed E-state index contributed by atoms with van der Waals surface area (Å²) in [6.45, 7) is 0. The molecule has 2 nitrogen and oxygen atoms in total. The van der Waals surface area contributed by atoms with Crippen molar-refractivity contribution in [1.29, 1.82) is 0 Å². The van der Waals surface area contributed by atoms with Crippen LogP contribution in [0, 0.1) is 11.6 Å². The maximum atomic E-state index is 13.9. The van der Waals surface area contributed by atoms with Crippen LogP contribution in [-0.2, 0) is 6.42 Å². The van der Waals surface area contributed by atoms with E-state index in [2.05, 4.69) is 15.9 Å². The van der Waals surface area contributed by atoms with E-state index in [9.17, 15) is 13.6 Å². The summed E-state index contributed by atoms with van der Waals surface area (Å²) < 4.78 is 33.0. The van der Waals surface area contributed by atoms with Crippen LogP contribution < -0.4 is 0 Å². The second-order valence-corrected chi connectivity index (χ2v) is 5.42. The van der Waals surface area contributed by atoms with E-state index >= 15 is 0 Å². The molecule has 0 saturated carbocycles. The highest BCUT2D eigenvalue weighted by Crippen LogP contribution is 2.26. The number of para-hydroxylation sites is 1. The van der Waals surface area contributed by atoms with Gasteiger partial charge in [-0.2, -0.15) is 0 Å². The highest BCUT2D eigenvalue weighted by atomic mass is 79.9. The molecule has 0 atom stereocenters. The van der Waals surface area contributed by atoms with Gasteiger partial charge in [0.1, 0.15) is 23.5 Å². The summed E-state index contributed by atoms with van der Waals surface area (Å²) in [5.74, 6) is -1.89. The molecule has 0 unspecified atom stereocenters. The molecule has 0 amide bonds. The Morgan fingerprint density at radius 1 is 1.14 bits per heavy atom. The van der Waals surface area contributed by atoms with Crippen LogP contribution in [0.1, 0.15) is 15.9 Å². The van der Waals surface area contributed by atoms with Crippen LogP contribution in [0.3, 0.4) is 0 Å². The number of ketones is 1. The standard InChI is InChI=1S/C16H9BrF2O2/c17-12-5-6-13(18)10(16(12)19)7-14(20)11-8-21-15-4-2-1-3-9(11)15/h1-6,8H,7H2. The molecule has 0 aliphatic carbocycles. The van der Waals surface area contributed by atoms with Crippen molar-refractivity contribution in [2.75, 3.05) is 0 Å². The Labute approximate surface area is 127 Å². The molecule has 0 bridgehead atoms. The molecule has 106 valence electrons. The molecule has 0 N–H and O–H groups in total. The summed E-state index contributed by atoms with van der Waals surface area (Å²) in [6.07, 6.45) is 0.960. The molecular formula is C16H9BrF2O2. The van der Waals surface area contributed by atoms with Crippen molar-refractivity contribution >= 4 is 32.7 Å². The third-order valence-corrected chi connectivity index (χ3v) is 3.87. The second kappa shape index (κ2) is 5.41. The van der Waals surface area contributed by atoms with Gasteiger partial charge < -0.3 is 4.42 Å². The summed E-state index contributed by atoms with van der Waals surface area (Å²) in [6, 6.07) is 9.42. The number of furan rings is 1. The van der Waals surface area contributed by atoms with Crippen molar-refractivity contribution in [3.8, 4) is 0 Å². The van der Waals surface area contributed by atoms with Crippen molar-refractivity contribution < 1.29 is 18.0 Å². The second-order valence-electron chi connectivity index (χ2n) is 4.57. The van der Waals surface area contributed by atoms with E-state index < -0.39 is 17.4 Å². The first-order chi connectivity index (χ1) is 10.1. The predicted octanol–water partition coefficient (Wildman–Crippen LogP) is 4.90. The van der Waals surface area contributed by atoms with E-state index in [0.717, 1.165) is 6.07 Å². The van der Waals surface area contributed by atoms with E-state index in [4.69, 9.17) is 4.42 Å². The largest absolute Gasteiger partial charge is 0.464 e. The van der Waals surface area contributed by atoms with Crippen LogP contribution in [0.15, 0.2) is 51.6 Å². The molecule has 1 aromatic heterocycles. The highest BCUT2D eigenvalue weighted by Gasteiger charge is 2.19. The number of hydrogen-bond donors (Lipinski definition) is 0. The lowest BCUT2D eigenvalue weighted by Gasteiger charge is -2.05. The molecule has 0 fully saturated rings. The number of carbonyl (C=O) groups is 1. The molecule has 0 radical (unpaired) electrons. The molecule has 3 rings (SSSR count). The summed E-state index contributed by atoms with van der Waals surface area (Å²) in [5.41, 5.74) is 0.639. The molecule has 3 aromatic rings.